The molecule has 4 N–H and O–H groups in total. The van der Waals surface area contributed by atoms with Gasteiger partial charge < -0.3 is 20.9 Å². The first kappa shape index (κ1) is 26.9. The molecule has 5 aromatic carbocycles. The number of aryl methyl sites for hydroxylation is 2. The molecule has 2 unspecified atom stereocenters. The van der Waals surface area contributed by atoms with Crippen molar-refractivity contribution in [2.45, 2.75) is 39.5 Å². The Balaban J connectivity index is 1.27. The Kier molecular flexibility index (Phi) is 7.79. The van der Waals surface area contributed by atoms with Gasteiger partial charge in [0.1, 0.15) is 23.0 Å². The molecule has 0 fully saturated rings. The molecule has 0 spiro atoms. The van der Waals surface area contributed by atoms with Crippen LogP contribution in [0.25, 0.3) is 0 Å². The number of hydrogen-bond donors (Lipinski definition) is 2. The number of anilines is 2. The van der Waals surface area contributed by atoms with E-state index in [2.05, 4.69) is 76.2 Å². The summed E-state index contributed by atoms with van der Waals surface area (Å²) in [4.78, 5) is 0. The van der Waals surface area contributed by atoms with Crippen molar-refractivity contribution in [3.8, 4) is 23.0 Å². The average Bonchev–Trinajstić information content (AvgIpc) is 2.95. The van der Waals surface area contributed by atoms with Crippen LogP contribution in [0.3, 0.4) is 0 Å². The number of nitrogens with two attached hydrogens (primary N) is 2. The first-order valence-corrected chi connectivity index (χ1v) is 13.6. The fourth-order valence-electron chi connectivity index (χ4n) is 5.17. The lowest BCUT2D eigenvalue weighted by molar-refractivity contribution is 0.481. The first-order valence-electron chi connectivity index (χ1n) is 13.6. The van der Waals surface area contributed by atoms with E-state index in [1.165, 1.54) is 33.4 Å². The van der Waals surface area contributed by atoms with Gasteiger partial charge in [-0.25, -0.2) is 0 Å². The van der Waals surface area contributed by atoms with Crippen molar-refractivity contribution in [1.82, 2.24) is 0 Å². The highest BCUT2D eigenvalue weighted by atomic mass is 16.5. The molecule has 4 nitrogen and oxygen atoms in total. The summed E-state index contributed by atoms with van der Waals surface area (Å²) in [5.41, 5.74) is 20.6. The Bertz CT molecular complexity index is 1470. The Hall–Kier alpha value is -4.70. The Morgan fingerprint density at radius 3 is 1.10 bits per heavy atom. The summed E-state index contributed by atoms with van der Waals surface area (Å²) in [6.45, 7) is 8.79. The van der Waals surface area contributed by atoms with E-state index in [0.29, 0.717) is 0 Å². The zero-order chi connectivity index (χ0) is 28.2. The van der Waals surface area contributed by atoms with E-state index in [-0.39, 0.29) is 11.8 Å². The van der Waals surface area contributed by atoms with Crippen LogP contribution in [-0.4, -0.2) is 0 Å². The summed E-state index contributed by atoms with van der Waals surface area (Å²) in [6, 6.07) is 36.5. The molecule has 0 bridgehead atoms. The molecule has 202 valence electrons. The van der Waals surface area contributed by atoms with Gasteiger partial charge in [-0.1, -0.05) is 50.2 Å². The number of nitrogen functional groups attached to an aromatic ring is 2. The lowest BCUT2D eigenvalue weighted by Crippen LogP contribution is -2.02. The largest absolute Gasteiger partial charge is 0.457 e. The van der Waals surface area contributed by atoms with E-state index >= 15 is 0 Å². The highest BCUT2D eigenvalue weighted by molar-refractivity contribution is 5.48. The molecule has 0 aliphatic carbocycles. The van der Waals surface area contributed by atoms with Gasteiger partial charge in [0.15, 0.2) is 0 Å². The minimum atomic E-state index is 0.265. The normalized spacial score (nSPS) is 12.5. The molecule has 0 radical (unpaired) electrons. The maximum Gasteiger partial charge on any atom is 0.127 e. The summed E-state index contributed by atoms with van der Waals surface area (Å²) in [5.74, 6) is 3.73. The number of rotatable bonds is 8. The Labute approximate surface area is 237 Å². The summed E-state index contributed by atoms with van der Waals surface area (Å²) >= 11 is 0. The molecule has 5 rings (SSSR count). The molecule has 0 saturated heterocycles. The molecule has 0 aromatic heterocycles. The second kappa shape index (κ2) is 11.6. The number of hydrogen-bond acceptors (Lipinski definition) is 4. The highest BCUT2D eigenvalue weighted by Gasteiger charge is 2.15. The van der Waals surface area contributed by atoms with Crippen molar-refractivity contribution >= 4 is 11.4 Å². The predicted molar refractivity (Wildman–Crippen MR) is 166 cm³/mol. The molecule has 0 amide bonds. The minimum absolute atomic E-state index is 0.265. The summed E-state index contributed by atoms with van der Waals surface area (Å²) in [7, 11) is 0. The lowest BCUT2D eigenvalue weighted by Gasteiger charge is -2.19. The van der Waals surface area contributed by atoms with E-state index < -0.39 is 0 Å². The molecule has 40 heavy (non-hydrogen) atoms. The van der Waals surface area contributed by atoms with Crippen LogP contribution in [0.1, 0.15) is 59.1 Å². The van der Waals surface area contributed by atoms with Gasteiger partial charge in [-0.3, -0.25) is 0 Å². The average molecular weight is 529 g/mol. The molecule has 2 atom stereocenters. The first-order chi connectivity index (χ1) is 19.3. The van der Waals surface area contributed by atoms with Crippen molar-refractivity contribution in [3.05, 3.63) is 143 Å². The maximum absolute atomic E-state index is 6.02. The van der Waals surface area contributed by atoms with Crippen LogP contribution >= 0.6 is 0 Å². The molecular formula is C36H36N2O2. The fraction of sp³-hybridized carbons (Fsp3) is 0.167. The molecule has 0 aliphatic heterocycles. The van der Waals surface area contributed by atoms with E-state index in [1.54, 1.807) is 0 Å². The third-order valence-corrected chi connectivity index (χ3v) is 7.58. The summed E-state index contributed by atoms with van der Waals surface area (Å²) < 4.78 is 12.0. The second-order valence-corrected chi connectivity index (χ2v) is 10.5. The van der Waals surface area contributed by atoms with Crippen LogP contribution < -0.4 is 20.9 Å². The van der Waals surface area contributed by atoms with E-state index in [4.69, 9.17) is 20.9 Å². The number of ether oxygens (including phenoxy) is 2. The zero-order valence-electron chi connectivity index (χ0n) is 23.5. The van der Waals surface area contributed by atoms with Crippen molar-refractivity contribution in [2.75, 3.05) is 11.5 Å². The SMILES string of the molecule is Cc1cc(Oc2ccc(N)cc2)ccc1C(C)c1ccc(C(C)c2ccc(Oc3ccc(N)cc3)cc2C)cc1. The molecule has 4 heteroatoms. The van der Waals surface area contributed by atoms with Gasteiger partial charge in [-0.05, 0) is 120 Å². The standard InChI is InChI=1S/C36H36N2O2/c1-23-21-33(39-31-13-9-29(37)10-14-31)17-19-35(23)25(3)27-5-7-28(8-6-27)26(4)36-20-18-34(22-24(36)2)40-32-15-11-30(38)12-16-32/h5-22,25-26H,37-38H2,1-4H3. The monoisotopic (exact) mass is 528 g/mol. The van der Waals surface area contributed by atoms with Gasteiger partial charge in [-0.2, -0.15) is 0 Å². The van der Waals surface area contributed by atoms with Crippen molar-refractivity contribution < 1.29 is 9.47 Å². The third-order valence-electron chi connectivity index (χ3n) is 7.58. The van der Waals surface area contributed by atoms with Crippen LogP contribution in [0.15, 0.2) is 109 Å². The van der Waals surface area contributed by atoms with E-state index in [9.17, 15) is 0 Å². The highest BCUT2D eigenvalue weighted by Crippen LogP contribution is 2.34. The molecule has 0 saturated carbocycles. The van der Waals surface area contributed by atoms with Gasteiger partial charge in [0.25, 0.3) is 0 Å². The smallest absolute Gasteiger partial charge is 0.127 e. The van der Waals surface area contributed by atoms with Crippen molar-refractivity contribution in [3.63, 3.8) is 0 Å². The summed E-state index contributed by atoms with van der Waals surface area (Å²) in [5, 5.41) is 0. The lowest BCUT2D eigenvalue weighted by atomic mass is 9.86. The van der Waals surface area contributed by atoms with E-state index in [0.717, 1.165) is 34.4 Å². The fourth-order valence-corrected chi connectivity index (χ4v) is 5.17. The molecule has 5 aromatic rings. The Morgan fingerprint density at radius 2 is 0.775 bits per heavy atom. The quantitative estimate of drug-likeness (QED) is 0.197. The van der Waals surface area contributed by atoms with Crippen LogP contribution in [0.2, 0.25) is 0 Å². The van der Waals surface area contributed by atoms with Gasteiger partial charge in [0, 0.05) is 23.2 Å². The second-order valence-electron chi connectivity index (χ2n) is 10.5. The molecule has 0 heterocycles. The van der Waals surface area contributed by atoms with Crippen molar-refractivity contribution in [2.24, 2.45) is 0 Å². The Morgan fingerprint density at radius 1 is 0.450 bits per heavy atom. The van der Waals surface area contributed by atoms with E-state index in [1.807, 2.05) is 60.7 Å². The van der Waals surface area contributed by atoms with Gasteiger partial charge in [-0.15, -0.1) is 0 Å². The zero-order valence-corrected chi connectivity index (χ0v) is 23.5. The topological polar surface area (TPSA) is 70.5 Å². The summed E-state index contributed by atoms with van der Waals surface area (Å²) in [6.07, 6.45) is 0. The predicted octanol–water partition coefficient (Wildman–Crippen LogP) is 9.36. The molecule has 0 aliphatic rings. The minimum Gasteiger partial charge on any atom is -0.457 e. The van der Waals surface area contributed by atoms with Crippen LogP contribution in [-0.2, 0) is 0 Å². The van der Waals surface area contributed by atoms with Gasteiger partial charge >= 0.3 is 0 Å². The van der Waals surface area contributed by atoms with Crippen molar-refractivity contribution in [1.29, 1.82) is 0 Å². The maximum atomic E-state index is 6.02. The molecular weight excluding hydrogens is 492 g/mol. The van der Waals surface area contributed by atoms with Crippen LogP contribution in [0, 0.1) is 13.8 Å². The van der Waals surface area contributed by atoms with Gasteiger partial charge in [0.05, 0.1) is 0 Å². The van der Waals surface area contributed by atoms with Crippen LogP contribution in [0.5, 0.6) is 23.0 Å². The number of benzene rings is 5. The van der Waals surface area contributed by atoms with Gasteiger partial charge in [0.2, 0.25) is 0 Å². The third kappa shape index (κ3) is 6.13. The van der Waals surface area contributed by atoms with Crippen LogP contribution in [0.4, 0.5) is 11.4 Å².